The lowest BCUT2D eigenvalue weighted by Crippen LogP contribution is -2.20. The number of aryl methyl sites for hydroxylation is 1. The van der Waals surface area contributed by atoms with Crippen LogP contribution in [0.15, 0.2) is 18.2 Å². The van der Waals surface area contributed by atoms with Crippen molar-refractivity contribution < 1.29 is 9.53 Å². The third-order valence-corrected chi connectivity index (χ3v) is 3.63. The smallest absolute Gasteiger partial charge is 0.227 e. The monoisotopic (exact) mass is 261 g/mol. The Morgan fingerprint density at radius 2 is 2.26 bits per heavy atom. The van der Waals surface area contributed by atoms with Crippen molar-refractivity contribution in [2.24, 2.45) is 0 Å². The number of amides is 1. The van der Waals surface area contributed by atoms with Gasteiger partial charge in [-0.2, -0.15) is 0 Å². The Labute approximate surface area is 115 Å². The lowest BCUT2D eigenvalue weighted by Gasteiger charge is -2.17. The largest absolute Gasteiger partial charge is 0.378 e. The molecule has 1 aromatic rings. The molecule has 0 aliphatic carbocycles. The van der Waals surface area contributed by atoms with Crippen LogP contribution in [0.25, 0.3) is 0 Å². The molecular formula is C16H23NO2. The Morgan fingerprint density at radius 1 is 1.47 bits per heavy atom. The number of benzene rings is 1. The molecule has 0 spiro atoms. The summed E-state index contributed by atoms with van der Waals surface area (Å²) < 4.78 is 5.51. The molecule has 19 heavy (non-hydrogen) atoms. The van der Waals surface area contributed by atoms with Gasteiger partial charge in [-0.15, -0.1) is 0 Å². The number of hydrogen-bond acceptors (Lipinski definition) is 2. The zero-order chi connectivity index (χ0) is 13.8. The van der Waals surface area contributed by atoms with Gasteiger partial charge in [-0.05, 0) is 36.8 Å². The number of ether oxygens (including phenoxy) is 1. The van der Waals surface area contributed by atoms with Gasteiger partial charge in [0.05, 0.1) is 12.5 Å². The van der Waals surface area contributed by atoms with E-state index in [1.807, 2.05) is 19.1 Å². The van der Waals surface area contributed by atoms with Gasteiger partial charge >= 0.3 is 0 Å². The molecule has 0 aromatic heterocycles. The Morgan fingerprint density at radius 3 is 2.89 bits per heavy atom. The van der Waals surface area contributed by atoms with E-state index in [2.05, 4.69) is 25.2 Å². The van der Waals surface area contributed by atoms with Crippen molar-refractivity contribution in [3.63, 3.8) is 0 Å². The summed E-state index contributed by atoms with van der Waals surface area (Å²) >= 11 is 0. The summed E-state index contributed by atoms with van der Waals surface area (Å²) in [4.78, 5) is 12.1. The number of para-hydroxylation sites is 1. The van der Waals surface area contributed by atoms with Crippen molar-refractivity contribution >= 4 is 11.6 Å². The van der Waals surface area contributed by atoms with Crippen molar-refractivity contribution in [2.75, 3.05) is 11.9 Å². The molecule has 3 heteroatoms. The van der Waals surface area contributed by atoms with Gasteiger partial charge in [0.2, 0.25) is 5.91 Å². The first-order chi connectivity index (χ1) is 9.08. The quantitative estimate of drug-likeness (QED) is 0.899. The van der Waals surface area contributed by atoms with E-state index in [-0.39, 0.29) is 12.0 Å². The highest BCUT2D eigenvalue weighted by atomic mass is 16.5. The fraction of sp³-hybridized carbons (Fsp3) is 0.562. The zero-order valence-corrected chi connectivity index (χ0v) is 12.0. The molecule has 1 aromatic carbocycles. The molecule has 1 aliphatic heterocycles. The molecule has 0 bridgehead atoms. The third kappa shape index (κ3) is 3.57. The highest BCUT2D eigenvalue weighted by Crippen LogP contribution is 2.28. The van der Waals surface area contributed by atoms with Crippen LogP contribution in [0.1, 0.15) is 50.2 Å². The minimum Gasteiger partial charge on any atom is -0.378 e. The molecule has 1 heterocycles. The molecule has 2 rings (SSSR count). The maximum Gasteiger partial charge on any atom is 0.227 e. The SMILES string of the molecule is Cc1cccc(C(C)C)c1NC(=O)CC1CCCO1. The molecule has 1 fully saturated rings. The maximum absolute atomic E-state index is 12.1. The first-order valence-electron chi connectivity index (χ1n) is 7.09. The van der Waals surface area contributed by atoms with Crippen LogP contribution in [0, 0.1) is 6.92 Å². The Bertz CT molecular complexity index is 448. The fourth-order valence-corrected chi connectivity index (χ4v) is 2.54. The van der Waals surface area contributed by atoms with Crippen LogP contribution in [0.2, 0.25) is 0 Å². The van der Waals surface area contributed by atoms with Crippen LogP contribution in [-0.2, 0) is 9.53 Å². The molecule has 1 aliphatic rings. The van der Waals surface area contributed by atoms with E-state index in [0.29, 0.717) is 12.3 Å². The molecule has 3 nitrogen and oxygen atoms in total. The number of rotatable bonds is 4. The van der Waals surface area contributed by atoms with E-state index in [1.54, 1.807) is 0 Å². The number of carbonyl (C=O) groups is 1. The van der Waals surface area contributed by atoms with E-state index < -0.39 is 0 Å². The van der Waals surface area contributed by atoms with Crippen LogP contribution >= 0.6 is 0 Å². The molecule has 1 unspecified atom stereocenters. The minimum absolute atomic E-state index is 0.0584. The zero-order valence-electron chi connectivity index (χ0n) is 12.0. The summed E-state index contributed by atoms with van der Waals surface area (Å²) in [5.41, 5.74) is 3.29. The number of nitrogens with one attached hydrogen (secondary N) is 1. The second-order valence-corrected chi connectivity index (χ2v) is 5.58. The Kier molecular flexibility index (Phi) is 4.59. The summed E-state index contributed by atoms with van der Waals surface area (Å²) in [5, 5.41) is 3.07. The molecule has 1 amide bonds. The first-order valence-corrected chi connectivity index (χ1v) is 7.09. The number of anilines is 1. The molecule has 1 N–H and O–H groups in total. The predicted molar refractivity (Wildman–Crippen MR) is 77.5 cm³/mol. The normalized spacial score (nSPS) is 18.8. The summed E-state index contributed by atoms with van der Waals surface area (Å²) in [6.07, 6.45) is 2.63. The van der Waals surface area contributed by atoms with E-state index in [0.717, 1.165) is 30.7 Å². The van der Waals surface area contributed by atoms with Gasteiger partial charge in [-0.1, -0.05) is 32.0 Å². The van der Waals surface area contributed by atoms with Gasteiger partial charge in [0.15, 0.2) is 0 Å². The average Bonchev–Trinajstić information content (AvgIpc) is 2.84. The summed E-state index contributed by atoms with van der Waals surface area (Å²) in [7, 11) is 0. The van der Waals surface area contributed by atoms with Gasteiger partial charge in [0, 0.05) is 12.3 Å². The van der Waals surface area contributed by atoms with Crippen molar-refractivity contribution in [1.29, 1.82) is 0 Å². The topological polar surface area (TPSA) is 38.3 Å². The summed E-state index contributed by atoms with van der Waals surface area (Å²) in [6.45, 7) is 7.11. The van der Waals surface area contributed by atoms with E-state index in [1.165, 1.54) is 5.56 Å². The van der Waals surface area contributed by atoms with Crippen LogP contribution in [0.5, 0.6) is 0 Å². The van der Waals surface area contributed by atoms with Crippen molar-refractivity contribution in [2.45, 2.75) is 52.1 Å². The van der Waals surface area contributed by atoms with Gasteiger partial charge < -0.3 is 10.1 Å². The van der Waals surface area contributed by atoms with Crippen molar-refractivity contribution in [1.82, 2.24) is 0 Å². The lowest BCUT2D eigenvalue weighted by molar-refractivity contribution is -0.118. The van der Waals surface area contributed by atoms with Crippen LogP contribution in [-0.4, -0.2) is 18.6 Å². The highest BCUT2D eigenvalue weighted by Gasteiger charge is 2.20. The second kappa shape index (κ2) is 6.20. The molecule has 0 radical (unpaired) electrons. The minimum atomic E-state index is 0.0584. The summed E-state index contributed by atoms with van der Waals surface area (Å²) in [5.74, 6) is 0.459. The first kappa shape index (κ1) is 14.1. The van der Waals surface area contributed by atoms with Crippen LogP contribution in [0.3, 0.4) is 0 Å². The van der Waals surface area contributed by atoms with E-state index in [9.17, 15) is 4.79 Å². The van der Waals surface area contributed by atoms with Gasteiger partial charge in [0.25, 0.3) is 0 Å². The highest BCUT2D eigenvalue weighted by molar-refractivity contribution is 5.92. The standard InChI is InChI=1S/C16H23NO2/c1-11(2)14-8-4-6-12(3)16(14)17-15(18)10-13-7-5-9-19-13/h4,6,8,11,13H,5,7,9-10H2,1-3H3,(H,17,18). The van der Waals surface area contributed by atoms with E-state index >= 15 is 0 Å². The number of hydrogen-bond donors (Lipinski definition) is 1. The Balaban J connectivity index is 2.07. The number of carbonyl (C=O) groups excluding carboxylic acids is 1. The average molecular weight is 261 g/mol. The molecule has 0 saturated carbocycles. The lowest BCUT2D eigenvalue weighted by atomic mass is 9.98. The van der Waals surface area contributed by atoms with Crippen molar-refractivity contribution in [3.8, 4) is 0 Å². The molecule has 1 saturated heterocycles. The molecule has 1 atom stereocenters. The van der Waals surface area contributed by atoms with Gasteiger partial charge in [-0.25, -0.2) is 0 Å². The second-order valence-electron chi connectivity index (χ2n) is 5.58. The van der Waals surface area contributed by atoms with Crippen LogP contribution in [0.4, 0.5) is 5.69 Å². The Hall–Kier alpha value is -1.35. The van der Waals surface area contributed by atoms with Gasteiger partial charge in [-0.3, -0.25) is 4.79 Å². The maximum atomic E-state index is 12.1. The molecular weight excluding hydrogens is 238 g/mol. The fourth-order valence-electron chi connectivity index (χ4n) is 2.54. The predicted octanol–water partition coefficient (Wildman–Crippen LogP) is 3.63. The van der Waals surface area contributed by atoms with Crippen LogP contribution < -0.4 is 5.32 Å². The molecule has 104 valence electrons. The van der Waals surface area contributed by atoms with E-state index in [4.69, 9.17) is 4.74 Å². The van der Waals surface area contributed by atoms with Gasteiger partial charge in [0.1, 0.15) is 0 Å². The third-order valence-electron chi connectivity index (χ3n) is 3.63. The summed E-state index contributed by atoms with van der Waals surface area (Å²) in [6, 6.07) is 6.16. The van der Waals surface area contributed by atoms with Crippen molar-refractivity contribution in [3.05, 3.63) is 29.3 Å².